The third kappa shape index (κ3) is 2.08. The maximum Gasteiger partial charge on any atom is 0.158 e. The van der Waals surface area contributed by atoms with Crippen molar-refractivity contribution in [3.05, 3.63) is 36.4 Å². The van der Waals surface area contributed by atoms with Crippen molar-refractivity contribution < 1.29 is 14.9 Å². The predicted molar refractivity (Wildman–Crippen MR) is 74.9 cm³/mol. The second-order valence-corrected chi connectivity index (χ2v) is 5.09. The number of aromatic hydroxyl groups is 2. The lowest BCUT2D eigenvalue weighted by molar-refractivity contribution is 0.404. The number of aromatic nitrogens is 1. The van der Waals surface area contributed by atoms with Gasteiger partial charge in [0.2, 0.25) is 0 Å². The van der Waals surface area contributed by atoms with Gasteiger partial charge in [-0.15, -0.1) is 11.3 Å². The van der Waals surface area contributed by atoms with E-state index >= 15 is 0 Å². The van der Waals surface area contributed by atoms with Crippen LogP contribution in [-0.4, -0.2) is 22.3 Å². The number of fused-ring (bicyclic) bond motifs is 1. The highest BCUT2D eigenvalue weighted by atomic mass is 32.1. The molecule has 3 aromatic rings. The van der Waals surface area contributed by atoms with E-state index in [1.54, 1.807) is 13.2 Å². The summed E-state index contributed by atoms with van der Waals surface area (Å²) in [5, 5.41) is 19.6. The molecular weight excluding hydrogens is 262 g/mol. The molecule has 0 saturated carbocycles. The molecule has 0 amide bonds. The molecule has 2 aromatic carbocycles. The van der Waals surface area contributed by atoms with Crippen molar-refractivity contribution in [1.82, 2.24) is 4.98 Å². The first-order chi connectivity index (χ1) is 9.17. The van der Waals surface area contributed by atoms with Crippen LogP contribution in [0.4, 0.5) is 0 Å². The van der Waals surface area contributed by atoms with Crippen LogP contribution in [0.3, 0.4) is 0 Å². The van der Waals surface area contributed by atoms with Crippen LogP contribution >= 0.6 is 11.3 Å². The predicted octanol–water partition coefficient (Wildman–Crippen LogP) is 3.38. The van der Waals surface area contributed by atoms with Gasteiger partial charge in [-0.1, -0.05) is 0 Å². The van der Waals surface area contributed by atoms with Gasteiger partial charge in [0.1, 0.15) is 10.8 Å². The zero-order valence-corrected chi connectivity index (χ0v) is 10.9. The Morgan fingerprint density at radius 2 is 1.89 bits per heavy atom. The molecular formula is C14H11NO3S. The molecule has 1 heterocycles. The molecule has 0 spiro atoms. The molecule has 0 aliphatic heterocycles. The van der Waals surface area contributed by atoms with Gasteiger partial charge in [-0.05, 0) is 36.4 Å². The molecule has 2 N–H and O–H groups in total. The van der Waals surface area contributed by atoms with E-state index in [4.69, 9.17) is 4.74 Å². The average molecular weight is 273 g/mol. The minimum absolute atomic E-state index is 0.133. The number of benzene rings is 2. The Morgan fingerprint density at radius 3 is 2.63 bits per heavy atom. The third-order valence-corrected chi connectivity index (χ3v) is 3.89. The summed E-state index contributed by atoms with van der Waals surface area (Å²) in [7, 11) is 1.63. The Morgan fingerprint density at radius 1 is 1.05 bits per heavy atom. The molecule has 0 unspecified atom stereocenters. The fraction of sp³-hybridized carbons (Fsp3) is 0.0714. The first kappa shape index (κ1) is 11.8. The molecule has 3 rings (SSSR count). The normalized spacial score (nSPS) is 10.8. The molecule has 19 heavy (non-hydrogen) atoms. The van der Waals surface area contributed by atoms with Gasteiger partial charge in [0.05, 0.1) is 17.3 Å². The zero-order chi connectivity index (χ0) is 13.4. The lowest BCUT2D eigenvalue weighted by atomic mass is 10.2. The van der Waals surface area contributed by atoms with E-state index in [1.807, 2.05) is 18.2 Å². The van der Waals surface area contributed by atoms with Crippen LogP contribution in [0.2, 0.25) is 0 Å². The van der Waals surface area contributed by atoms with Crippen LogP contribution in [-0.2, 0) is 0 Å². The second kappa shape index (κ2) is 4.44. The highest BCUT2D eigenvalue weighted by Gasteiger charge is 2.09. The summed E-state index contributed by atoms with van der Waals surface area (Å²) in [6.45, 7) is 0. The van der Waals surface area contributed by atoms with Crippen molar-refractivity contribution in [3.8, 4) is 27.8 Å². The molecule has 0 fully saturated rings. The van der Waals surface area contributed by atoms with E-state index in [2.05, 4.69) is 4.98 Å². The number of hydrogen-bond acceptors (Lipinski definition) is 5. The molecule has 5 heteroatoms. The Labute approximate surface area is 113 Å². The monoisotopic (exact) mass is 273 g/mol. The molecule has 0 atom stereocenters. The molecule has 0 radical (unpaired) electrons. The Balaban J connectivity index is 2.11. The third-order valence-electron chi connectivity index (χ3n) is 2.82. The number of ether oxygens (including phenoxy) is 1. The van der Waals surface area contributed by atoms with Crippen LogP contribution in [0.15, 0.2) is 36.4 Å². The Bertz CT molecular complexity index is 752. The van der Waals surface area contributed by atoms with Gasteiger partial charge >= 0.3 is 0 Å². The van der Waals surface area contributed by atoms with Gasteiger partial charge in [-0.2, -0.15) is 0 Å². The highest BCUT2D eigenvalue weighted by Crippen LogP contribution is 2.35. The molecule has 0 saturated heterocycles. The fourth-order valence-corrected chi connectivity index (χ4v) is 2.80. The zero-order valence-electron chi connectivity index (χ0n) is 10.1. The molecule has 0 aliphatic carbocycles. The van der Waals surface area contributed by atoms with E-state index in [1.165, 1.54) is 23.5 Å². The Kier molecular flexibility index (Phi) is 2.76. The van der Waals surface area contributed by atoms with Crippen molar-refractivity contribution in [1.29, 1.82) is 0 Å². The number of methoxy groups -OCH3 is 1. The van der Waals surface area contributed by atoms with Gasteiger partial charge in [-0.25, -0.2) is 4.98 Å². The van der Waals surface area contributed by atoms with Crippen LogP contribution in [0, 0.1) is 0 Å². The summed E-state index contributed by atoms with van der Waals surface area (Å²) >= 11 is 1.51. The summed E-state index contributed by atoms with van der Waals surface area (Å²) in [4.78, 5) is 4.50. The van der Waals surface area contributed by atoms with Crippen molar-refractivity contribution in [2.24, 2.45) is 0 Å². The minimum Gasteiger partial charge on any atom is -0.504 e. The van der Waals surface area contributed by atoms with Gasteiger partial charge in [0.15, 0.2) is 11.5 Å². The second-order valence-electron chi connectivity index (χ2n) is 4.06. The van der Waals surface area contributed by atoms with Crippen LogP contribution in [0.5, 0.6) is 17.2 Å². The molecule has 0 bridgehead atoms. The van der Waals surface area contributed by atoms with Crippen LogP contribution < -0.4 is 4.74 Å². The summed E-state index contributed by atoms with van der Waals surface area (Å²) in [5.41, 5.74) is 1.66. The van der Waals surface area contributed by atoms with E-state index < -0.39 is 0 Å². The summed E-state index contributed by atoms with van der Waals surface area (Å²) < 4.78 is 6.19. The highest BCUT2D eigenvalue weighted by molar-refractivity contribution is 7.21. The maximum atomic E-state index is 9.53. The Hall–Kier alpha value is -2.27. The number of phenolic OH excluding ortho intramolecular Hbond substituents is 2. The molecule has 0 aliphatic rings. The maximum absolute atomic E-state index is 9.53. The number of nitrogens with zero attached hydrogens (tertiary/aromatic N) is 1. The standard InChI is InChI=1S/C14H11NO3S/c1-18-9-3-4-10-13(7-9)19-14(15-10)8-2-5-11(16)12(17)6-8/h2-7,16-17H,1H3. The lowest BCUT2D eigenvalue weighted by Crippen LogP contribution is -1.80. The summed E-state index contributed by atoms with van der Waals surface area (Å²) in [6, 6.07) is 10.4. The summed E-state index contributed by atoms with van der Waals surface area (Å²) in [6.07, 6.45) is 0. The summed E-state index contributed by atoms with van der Waals surface area (Å²) in [5.74, 6) is 0.511. The number of thiazole rings is 1. The quantitative estimate of drug-likeness (QED) is 0.703. The lowest BCUT2D eigenvalue weighted by Gasteiger charge is -1.99. The van der Waals surface area contributed by atoms with Crippen molar-refractivity contribution >= 4 is 21.6 Å². The SMILES string of the molecule is COc1ccc2nc(-c3ccc(O)c(O)c3)sc2c1. The number of phenols is 2. The van der Waals surface area contributed by atoms with Gasteiger partial charge in [0, 0.05) is 5.56 Å². The van der Waals surface area contributed by atoms with Gasteiger partial charge in [-0.3, -0.25) is 0 Å². The van der Waals surface area contributed by atoms with Gasteiger partial charge in [0.25, 0.3) is 0 Å². The molecule has 96 valence electrons. The van der Waals surface area contributed by atoms with Gasteiger partial charge < -0.3 is 14.9 Å². The van der Waals surface area contributed by atoms with Crippen LogP contribution in [0.1, 0.15) is 0 Å². The van der Waals surface area contributed by atoms with Crippen molar-refractivity contribution in [2.45, 2.75) is 0 Å². The smallest absolute Gasteiger partial charge is 0.158 e. The van der Waals surface area contributed by atoms with Crippen LogP contribution in [0.25, 0.3) is 20.8 Å². The number of hydrogen-bond donors (Lipinski definition) is 2. The molecule has 1 aromatic heterocycles. The first-order valence-electron chi connectivity index (χ1n) is 5.64. The largest absolute Gasteiger partial charge is 0.504 e. The molecule has 4 nitrogen and oxygen atoms in total. The average Bonchev–Trinajstić information content (AvgIpc) is 2.84. The van der Waals surface area contributed by atoms with Crippen molar-refractivity contribution in [2.75, 3.05) is 7.11 Å². The number of rotatable bonds is 2. The first-order valence-corrected chi connectivity index (χ1v) is 6.46. The minimum atomic E-state index is -0.144. The topological polar surface area (TPSA) is 62.6 Å². The van der Waals surface area contributed by atoms with E-state index in [9.17, 15) is 10.2 Å². The fourth-order valence-electron chi connectivity index (χ4n) is 1.81. The van der Waals surface area contributed by atoms with E-state index in [-0.39, 0.29) is 11.5 Å². The van der Waals surface area contributed by atoms with E-state index in [0.717, 1.165) is 26.5 Å². The van der Waals surface area contributed by atoms with Crippen molar-refractivity contribution in [3.63, 3.8) is 0 Å². The van der Waals surface area contributed by atoms with E-state index in [0.29, 0.717) is 0 Å².